The first-order valence-electron chi connectivity index (χ1n) is 2.56. The van der Waals surface area contributed by atoms with E-state index in [1.54, 1.807) is 6.07 Å². The van der Waals surface area contributed by atoms with Gasteiger partial charge in [0.25, 0.3) is 0 Å². The maximum atomic E-state index is 10.7. The smallest absolute Gasteiger partial charge is 0.341 e. The highest BCUT2D eigenvalue weighted by Crippen LogP contribution is 2.14. The molecular weight excluding hydrogens is 200 g/mol. The third kappa shape index (κ3) is 1.39. The lowest BCUT2D eigenvalue weighted by Gasteiger charge is -1.89. The first kappa shape index (κ1) is 7.34. The van der Waals surface area contributed by atoms with E-state index in [-0.39, 0.29) is 0 Å². The highest BCUT2D eigenvalue weighted by Gasteiger charge is 2.07. The predicted octanol–water partition coefficient (Wildman–Crippen LogP) is 1.83. The van der Waals surface area contributed by atoms with E-state index in [9.17, 15) is 4.79 Å². The van der Waals surface area contributed by atoms with E-state index >= 15 is 0 Å². The standard InChI is InChI=1S/C6H5BrO3/c1-9-6(8)4-2-5(7)10-3-4/h2-3H,1H3. The molecule has 1 heterocycles. The van der Waals surface area contributed by atoms with Crippen molar-refractivity contribution in [2.45, 2.75) is 0 Å². The fourth-order valence-corrected chi connectivity index (χ4v) is 0.875. The monoisotopic (exact) mass is 204 g/mol. The molecule has 0 atom stereocenters. The van der Waals surface area contributed by atoms with Crippen LogP contribution in [-0.2, 0) is 4.74 Å². The maximum Gasteiger partial charge on any atom is 0.341 e. The molecule has 54 valence electrons. The molecule has 0 unspecified atom stereocenters. The average Bonchev–Trinajstić information content (AvgIpc) is 2.34. The van der Waals surface area contributed by atoms with Crippen LogP contribution in [-0.4, -0.2) is 13.1 Å². The van der Waals surface area contributed by atoms with Crippen LogP contribution in [0.15, 0.2) is 21.4 Å². The summed E-state index contributed by atoms with van der Waals surface area (Å²) >= 11 is 3.06. The maximum absolute atomic E-state index is 10.7. The van der Waals surface area contributed by atoms with E-state index in [0.717, 1.165) is 0 Å². The quantitative estimate of drug-likeness (QED) is 0.656. The predicted molar refractivity (Wildman–Crippen MR) is 37.7 cm³/mol. The molecule has 4 heteroatoms. The molecule has 0 aliphatic heterocycles. The lowest BCUT2D eigenvalue weighted by molar-refractivity contribution is 0.0600. The minimum atomic E-state index is -0.394. The van der Waals surface area contributed by atoms with Crippen LogP contribution in [0.5, 0.6) is 0 Å². The van der Waals surface area contributed by atoms with Crippen molar-refractivity contribution >= 4 is 21.9 Å². The molecule has 0 aliphatic carbocycles. The lowest BCUT2D eigenvalue weighted by atomic mass is 10.3. The third-order valence-electron chi connectivity index (χ3n) is 0.989. The van der Waals surface area contributed by atoms with Gasteiger partial charge in [-0.25, -0.2) is 4.79 Å². The molecule has 1 rings (SSSR count). The van der Waals surface area contributed by atoms with Crippen molar-refractivity contribution in [2.75, 3.05) is 7.11 Å². The zero-order valence-corrected chi connectivity index (χ0v) is 6.84. The number of hydrogen-bond acceptors (Lipinski definition) is 3. The van der Waals surface area contributed by atoms with E-state index < -0.39 is 5.97 Å². The van der Waals surface area contributed by atoms with Gasteiger partial charge in [-0.05, 0) is 15.9 Å². The normalized spacial score (nSPS) is 9.40. The van der Waals surface area contributed by atoms with Crippen LogP contribution in [0.1, 0.15) is 10.4 Å². The Bertz CT molecular complexity index is 241. The van der Waals surface area contributed by atoms with Crippen molar-refractivity contribution in [3.8, 4) is 0 Å². The number of esters is 1. The van der Waals surface area contributed by atoms with Crippen LogP contribution >= 0.6 is 15.9 Å². The number of furan rings is 1. The van der Waals surface area contributed by atoms with Crippen molar-refractivity contribution in [1.82, 2.24) is 0 Å². The topological polar surface area (TPSA) is 39.4 Å². The lowest BCUT2D eigenvalue weighted by Crippen LogP contribution is -1.97. The largest absolute Gasteiger partial charge is 0.465 e. The van der Waals surface area contributed by atoms with E-state index in [1.165, 1.54) is 13.4 Å². The van der Waals surface area contributed by atoms with Crippen LogP contribution in [0.2, 0.25) is 0 Å². The molecule has 0 radical (unpaired) electrons. The van der Waals surface area contributed by atoms with Gasteiger partial charge in [0, 0.05) is 6.07 Å². The Morgan fingerprint density at radius 3 is 2.90 bits per heavy atom. The van der Waals surface area contributed by atoms with Gasteiger partial charge in [-0.15, -0.1) is 0 Å². The van der Waals surface area contributed by atoms with Crippen molar-refractivity contribution in [2.24, 2.45) is 0 Å². The van der Waals surface area contributed by atoms with Gasteiger partial charge in [0.1, 0.15) is 6.26 Å². The average molecular weight is 205 g/mol. The number of rotatable bonds is 1. The van der Waals surface area contributed by atoms with Crippen molar-refractivity contribution in [1.29, 1.82) is 0 Å². The Morgan fingerprint density at radius 2 is 2.50 bits per heavy atom. The first-order valence-corrected chi connectivity index (χ1v) is 3.35. The van der Waals surface area contributed by atoms with E-state index in [0.29, 0.717) is 10.2 Å². The summed E-state index contributed by atoms with van der Waals surface area (Å²) in [5, 5.41) is 0. The Morgan fingerprint density at radius 1 is 1.80 bits per heavy atom. The number of ether oxygens (including phenoxy) is 1. The SMILES string of the molecule is COC(=O)c1coc(Br)c1. The second-order valence-electron chi connectivity index (χ2n) is 1.63. The first-order chi connectivity index (χ1) is 4.74. The van der Waals surface area contributed by atoms with Crippen LogP contribution in [0, 0.1) is 0 Å². The van der Waals surface area contributed by atoms with Gasteiger partial charge < -0.3 is 9.15 Å². The number of methoxy groups -OCH3 is 1. The number of hydrogen-bond donors (Lipinski definition) is 0. The number of carbonyl (C=O) groups excluding carboxylic acids is 1. The Hall–Kier alpha value is -0.770. The molecule has 0 N–H and O–H groups in total. The summed E-state index contributed by atoms with van der Waals surface area (Å²) in [4.78, 5) is 10.7. The fourth-order valence-electron chi connectivity index (χ4n) is 0.535. The van der Waals surface area contributed by atoms with Gasteiger partial charge in [-0.2, -0.15) is 0 Å². The zero-order valence-electron chi connectivity index (χ0n) is 5.26. The summed E-state index contributed by atoms with van der Waals surface area (Å²) < 4.78 is 9.75. The van der Waals surface area contributed by atoms with Crippen LogP contribution in [0.3, 0.4) is 0 Å². The fraction of sp³-hybridized carbons (Fsp3) is 0.167. The number of halogens is 1. The second-order valence-corrected chi connectivity index (χ2v) is 2.41. The summed E-state index contributed by atoms with van der Waals surface area (Å²) in [5.74, 6) is -0.394. The van der Waals surface area contributed by atoms with Gasteiger partial charge >= 0.3 is 5.97 Å². The molecule has 10 heavy (non-hydrogen) atoms. The summed E-state index contributed by atoms with van der Waals surface area (Å²) in [7, 11) is 1.32. The minimum Gasteiger partial charge on any atom is -0.465 e. The van der Waals surface area contributed by atoms with Crippen LogP contribution in [0.4, 0.5) is 0 Å². The van der Waals surface area contributed by atoms with E-state index in [2.05, 4.69) is 20.7 Å². The highest BCUT2D eigenvalue weighted by atomic mass is 79.9. The summed E-state index contributed by atoms with van der Waals surface area (Å²) in [5.41, 5.74) is 0.411. The van der Waals surface area contributed by atoms with Gasteiger partial charge in [0.2, 0.25) is 0 Å². The molecule has 0 saturated carbocycles. The molecule has 0 fully saturated rings. The van der Waals surface area contributed by atoms with Crippen molar-refractivity contribution in [3.05, 3.63) is 22.6 Å². The molecule has 0 aliphatic rings. The Balaban J connectivity index is 2.85. The van der Waals surface area contributed by atoms with Crippen LogP contribution in [0.25, 0.3) is 0 Å². The molecule has 0 bridgehead atoms. The van der Waals surface area contributed by atoms with Gasteiger partial charge in [-0.1, -0.05) is 0 Å². The summed E-state index contributed by atoms with van der Waals surface area (Å²) in [6.07, 6.45) is 1.33. The van der Waals surface area contributed by atoms with Crippen molar-refractivity contribution in [3.63, 3.8) is 0 Å². The Kier molecular flexibility index (Phi) is 2.11. The molecule has 1 aromatic heterocycles. The molecule has 3 nitrogen and oxygen atoms in total. The summed E-state index contributed by atoms with van der Waals surface area (Å²) in [6.45, 7) is 0. The summed E-state index contributed by atoms with van der Waals surface area (Å²) in [6, 6.07) is 1.55. The van der Waals surface area contributed by atoms with Gasteiger partial charge in [-0.3, -0.25) is 0 Å². The second kappa shape index (κ2) is 2.88. The molecular formula is C6H5BrO3. The highest BCUT2D eigenvalue weighted by molar-refractivity contribution is 9.10. The zero-order chi connectivity index (χ0) is 7.56. The van der Waals surface area contributed by atoms with Gasteiger partial charge in [0.15, 0.2) is 4.67 Å². The number of carbonyl (C=O) groups is 1. The Labute approximate surface area is 66.1 Å². The van der Waals surface area contributed by atoms with E-state index in [1.807, 2.05) is 0 Å². The van der Waals surface area contributed by atoms with Crippen molar-refractivity contribution < 1.29 is 13.9 Å². The van der Waals surface area contributed by atoms with Gasteiger partial charge in [0.05, 0.1) is 12.7 Å². The minimum absolute atomic E-state index is 0.394. The van der Waals surface area contributed by atoms with Crippen LogP contribution < -0.4 is 0 Å². The molecule has 1 aromatic rings. The molecule has 0 saturated heterocycles. The molecule has 0 amide bonds. The molecule has 0 spiro atoms. The third-order valence-corrected chi connectivity index (χ3v) is 1.40. The van der Waals surface area contributed by atoms with E-state index in [4.69, 9.17) is 4.42 Å². The molecule has 0 aromatic carbocycles.